The van der Waals surface area contributed by atoms with E-state index in [1.807, 2.05) is 12.1 Å². The zero-order valence-corrected chi connectivity index (χ0v) is 14.3. The molecule has 0 atom stereocenters. The third-order valence-electron chi connectivity index (χ3n) is 3.80. The Labute approximate surface area is 149 Å². The number of rotatable bonds is 5. The van der Waals surface area contributed by atoms with E-state index in [4.69, 9.17) is 4.74 Å². The summed E-state index contributed by atoms with van der Waals surface area (Å²) in [6, 6.07) is 4.93. The van der Waals surface area contributed by atoms with Gasteiger partial charge in [0.2, 0.25) is 0 Å². The minimum absolute atomic E-state index is 0.177. The minimum Gasteiger partial charge on any atom is -0.496 e. The molecule has 0 aliphatic rings. The summed E-state index contributed by atoms with van der Waals surface area (Å²) in [7, 11) is 2.98. The third kappa shape index (κ3) is 3.59. The highest BCUT2D eigenvalue weighted by molar-refractivity contribution is 5.96. The maximum absolute atomic E-state index is 12.5. The van der Waals surface area contributed by atoms with E-state index in [9.17, 15) is 9.59 Å². The van der Waals surface area contributed by atoms with Crippen molar-refractivity contribution >= 4 is 5.91 Å². The zero-order valence-electron chi connectivity index (χ0n) is 14.3. The number of amides is 1. The van der Waals surface area contributed by atoms with Gasteiger partial charge in [0.15, 0.2) is 0 Å². The summed E-state index contributed by atoms with van der Waals surface area (Å²) in [5, 5.41) is 2.79. The molecule has 1 N–H and O–H groups in total. The molecule has 0 saturated heterocycles. The highest BCUT2D eigenvalue weighted by atomic mass is 16.5. The van der Waals surface area contributed by atoms with Crippen molar-refractivity contribution in [3.63, 3.8) is 0 Å². The fraction of sp³-hybridized carbons (Fsp3) is 0.167. The van der Waals surface area contributed by atoms with Crippen molar-refractivity contribution in [3.05, 3.63) is 70.8 Å². The van der Waals surface area contributed by atoms with Gasteiger partial charge in [-0.15, -0.1) is 0 Å². The minimum atomic E-state index is -0.371. The van der Waals surface area contributed by atoms with Gasteiger partial charge in [0.1, 0.15) is 5.75 Å². The maximum Gasteiger partial charge on any atom is 0.256 e. The predicted octanol–water partition coefficient (Wildman–Crippen LogP) is 1.18. The van der Waals surface area contributed by atoms with Crippen LogP contribution in [0.15, 0.2) is 54.0 Å². The van der Waals surface area contributed by atoms with Crippen LogP contribution >= 0.6 is 0 Å². The molecular weight excluding hydrogens is 334 g/mol. The molecule has 3 aromatic rings. The van der Waals surface area contributed by atoms with Gasteiger partial charge in [-0.25, -0.2) is 0 Å². The molecule has 0 aliphatic heterocycles. The van der Waals surface area contributed by atoms with E-state index in [0.29, 0.717) is 11.4 Å². The fourth-order valence-corrected chi connectivity index (χ4v) is 2.46. The molecule has 0 aliphatic carbocycles. The van der Waals surface area contributed by atoms with Crippen LogP contribution in [0.4, 0.5) is 0 Å². The van der Waals surface area contributed by atoms with E-state index in [1.54, 1.807) is 31.8 Å². The van der Waals surface area contributed by atoms with E-state index >= 15 is 0 Å². The molecule has 0 fully saturated rings. The van der Waals surface area contributed by atoms with Crippen LogP contribution in [0.1, 0.15) is 16.1 Å². The predicted molar refractivity (Wildman–Crippen MR) is 94.7 cm³/mol. The van der Waals surface area contributed by atoms with Crippen molar-refractivity contribution in [1.82, 2.24) is 24.8 Å². The van der Waals surface area contributed by atoms with E-state index in [2.05, 4.69) is 20.3 Å². The summed E-state index contributed by atoms with van der Waals surface area (Å²) in [6.45, 7) is 0.177. The molecule has 3 rings (SSSR count). The Morgan fingerprint density at radius 1 is 1.19 bits per heavy atom. The van der Waals surface area contributed by atoms with Gasteiger partial charge in [0.05, 0.1) is 30.6 Å². The lowest BCUT2D eigenvalue weighted by Gasteiger charge is -2.11. The number of carbonyl (C=O) groups is 1. The van der Waals surface area contributed by atoms with Gasteiger partial charge in [-0.3, -0.25) is 24.5 Å². The second-order valence-electron chi connectivity index (χ2n) is 5.47. The second-order valence-corrected chi connectivity index (χ2v) is 5.47. The highest BCUT2D eigenvalue weighted by Gasteiger charge is 2.15. The summed E-state index contributed by atoms with van der Waals surface area (Å²) in [5.41, 5.74) is 2.16. The van der Waals surface area contributed by atoms with E-state index in [0.717, 1.165) is 5.56 Å². The zero-order chi connectivity index (χ0) is 18.5. The first-order chi connectivity index (χ1) is 12.6. The first kappa shape index (κ1) is 17.3. The summed E-state index contributed by atoms with van der Waals surface area (Å²) in [5.74, 6) is -0.150. The Kier molecular flexibility index (Phi) is 5.02. The standard InChI is InChI=1S/C18H17N5O3/c1-23-11-13(15(26-2)9-16(23)24)18(25)22-10-14-17(21-8-7-20-14)12-3-5-19-6-4-12/h3-9,11H,10H2,1-2H3,(H,22,25). The molecule has 0 unspecified atom stereocenters. The molecule has 3 aromatic heterocycles. The summed E-state index contributed by atoms with van der Waals surface area (Å²) >= 11 is 0. The molecule has 26 heavy (non-hydrogen) atoms. The molecule has 0 spiro atoms. The van der Waals surface area contributed by atoms with Gasteiger partial charge in [-0.1, -0.05) is 0 Å². The molecular formula is C18H17N5O3. The second kappa shape index (κ2) is 7.56. The van der Waals surface area contributed by atoms with Crippen molar-refractivity contribution in [2.75, 3.05) is 7.11 Å². The number of nitrogens with zero attached hydrogens (tertiary/aromatic N) is 4. The molecule has 0 saturated carbocycles. The first-order valence-electron chi connectivity index (χ1n) is 7.83. The van der Waals surface area contributed by atoms with Crippen molar-refractivity contribution in [2.45, 2.75) is 6.54 Å². The van der Waals surface area contributed by atoms with Crippen molar-refractivity contribution < 1.29 is 9.53 Å². The Hall–Kier alpha value is -3.55. The lowest BCUT2D eigenvalue weighted by molar-refractivity contribution is 0.0946. The van der Waals surface area contributed by atoms with E-state index in [1.165, 1.54) is 23.9 Å². The Bertz CT molecular complexity index is 986. The molecule has 0 radical (unpaired) electrons. The first-order valence-corrected chi connectivity index (χ1v) is 7.83. The van der Waals surface area contributed by atoms with E-state index in [-0.39, 0.29) is 29.3 Å². The Morgan fingerprint density at radius 3 is 2.65 bits per heavy atom. The number of ether oxygens (including phenoxy) is 1. The van der Waals surface area contributed by atoms with Crippen molar-refractivity contribution in [3.8, 4) is 17.0 Å². The molecule has 1 amide bonds. The molecule has 0 aromatic carbocycles. The number of aryl methyl sites for hydroxylation is 1. The lowest BCUT2D eigenvalue weighted by Crippen LogP contribution is -2.27. The quantitative estimate of drug-likeness (QED) is 0.741. The molecule has 3 heterocycles. The highest BCUT2D eigenvalue weighted by Crippen LogP contribution is 2.19. The number of methoxy groups -OCH3 is 1. The van der Waals surface area contributed by atoms with Crippen LogP contribution in [0.2, 0.25) is 0 Å². The third-order valence-corrected chi connectivity index (χ3v) is 3.80. The van der Waals surface area contributed by atoms with Crippen LogP contribution in [0.25, 0.3) is 11.3 Å². The SMILES string of the molecule is COc1cc(=O)n(C)cc1C(=O)NCc1nccnc1-c1ccncc1. The number of pyridine rings is 2. The van der Waals surface area contributed by atoms with Crippen molar-refractivity contribution in [1.29, 1.82) is 0 Å². The number of carbonyl (C=O) groups excluding carboxylic acids is 1. The molecule has 0 bridgehead atoms. The largest absolute Gasteiger partial charge is 0.496 e. The van der Waals surface area contributed by atoms with Gasteiger partial charge >= 0.3 is 0 Å². The van der Waals surface area contributed by atoms with Crippen molar-refractivity contribution in [2.24, 2.45) is 7.05 Å². The topological polar surface area (TPSA) is 99.0 Å². The van der Waals surface area contributed by atoms with Crippen LogP contribution in [-0.2, 0) is 13.6 Å². The average molecular weight is 351 g/mol. The van der Waals surface area contributed by atoms with Crippen LogP contribution in [-0.4, -0.2) is 32.5 Å². The Balaban J connectivity index is 1.84. The maximum atomic E-state index is 12.5. The van der Waals surface area contributed by atoms with Gasteiger partial charge in [0, 0.05) is 49.7 Å². The summed E-state index contributed by atoms with van der Waals surface area (Å²) in [6.07, 6.45) is 7.94. The number of hydrogen-bond donors (Lipinski definition) is 1. The summed E-state index contributed by atoms with van der Waals surface area (Å²) in [4.78, 5) is 36.9. The van der Waals surface area contributed by atoms with Gasteiger partial charge in [-0.05, 0) is 12.1 Å². The average Bonchev–Trinajstić information content (AvgIpc) is 2.68. The van der Waals surface area contributed by atoms with E-state index < -0.39 is 0 Å². The summed E-state index contributed by atoms with van der Waals surface area (Å²) < 4.78 is 6.46. The number of hydrogen-bond acceptors (Lipinski definition) is 6. The number of nitrogens with one attached hydrogen (secondary N) is 1. The van der Waals surface area contributed by atoms with Gasteiger partial charge < -0.3 is 14.6 Å². The fourth-order valence-electron chi connectivity index (χ4n) is 2.46. The molecule has 8 nitrogen and oxygen atoms in total. The van der Waals surface area contributed by atoms with Crippen LogP contribution in [0, 0.1) is 0 Å². The smallest absolute Gasteiger partial charge is 0.256 e. The Morgan fingerprint density at radius 2 is 1.92 bits per heavy atom. The van der Waals surface area contributed by atoms with Crippen LogP contribution in [0.3, 0.4) is 0 Å². The molecule has 132 valence electrons. The molecule has 8 heteroatoms. The normalized spacial score (nSPS) is 10.4. The van der Waals surface area contributed by atoms with Crippen LogP contribution < -0.4 is 15.6 Å². The van der Waals surface area contributed by atoms with Crippen LogP contribution in [0.5, 0.6) is 5.75 Å². The number of aromatic nitrogens is 4. The monoisotopic (exact) mass is 351 g/mol. The van der Waals surface area contributed by atoms with Gasteiger partial charge in [0.25, 0.3) is 11.5 Å². The van der Waals surface area contributed by atoms with Gasteiger partial charge in [-0.2, -0.15) is 0 Å². The lowest BCUT2D eigenvalue weighted by atomic mass is 10.1.